The van der Waals surface area contributed by atoms with Gasteiger partial charge in [-0.05, 0) is 32.0 Å². The maximum Gasteiger partial charge on any atom is 0.244 e. The molecule has 2 heterocycles. The molecule has 0 aliphatic carbocycles. The normalized spacial score (nSPS) is 18.0. The Morgan fingerprint density at radius 2 is 2.20 bits per heavy atom. The summed E-state index contributed by atoms with van der Waals surface area (Å²) in [6.07, 6.45) is 2.48. The van der Waals surface area contributed by atoms with Gasteiger partial charge in [0.1, 0.15) is 5.75 Å². The molecule has 1 amide bonds. The minimum atomic E-state index is -0.212. The number of carbonyl (C=O) groups is 1. The highest BCUT2D eigenvalue weighted by atomic mass is 16.5. The number of hydrogen-bond acceptors (Lipinski definition) is 6. The van der Waals surface area contributed by atoms with Gasteiger partial charge in [0.2, 0.25) is 11.8 Å². The van der Waals surface area contributed by atoms with Gasteiger partial charge in [0, 0.05) is 13.0 Å². The Bertz CT molecular complexity index is 731. The number of benzene rings is 1. The molecule has 0 unspecified atom stereocenters. The number of aromatic nitrogens is 2. The zero-order chi connectivity index (χ0) is 17.8. The van der Waals surface area contributed by atoms with Crippen LogP contribution in [0.15, 0.2) is 28.8 Å². The zero-order valence-electron chi connectivity index (χ0n) is 14.9. The Kier molecular flexibility index (Phi) is 5.33. The SMILES string of the molecule is CCc1noc(CN(C)[C@@H]2CCCN(c3ccccc3OC)C2=O)n1. The highest BCUT2D eigenvalue weighted by molar-refractivity contribution is 5.99. The molecule has 1 atom stereocenters. The van der Waals surface area contributed by atoms with Crippen LogP contribution in [-0.4, -0.2) is 47.7 Å². The number of piperidine rings is 1. The summed E-state index contributed by atoms with van der Waals surface area (Å²) in [5, 5.41) is 3.91. The standard InChI is InChI=1S/C18H24N4O3/c1-4-16-19-17(25-20-16)12-21(2)14-9-7-11-22(18(14)23)13-8-5-6-10-15(13)24-3/h5-6,8,10,14H,4,7,9,11-12H2,1-3H3/t14-/m1/s1. The van der Waals surface area contributed by atoms with Crippen molar-refractivity contribution in [3.8, 4) is 5.75 Å². The molecule has 0 N–H and O–H groups in total. The van der Waals surface area contributed by atoms with Crippen molar-refractivity contribution in [3.63, 3.8) is 0 Å². The molecule has 1 fully saturated rings. The van der Waals surface area contributed by atoms with E-state index in [1.165, 1.54) is 0 Å². The van der Waals surface area contributed by atoms with Crippen LogP contribution in [0.25, 0.3) is 0 Å². The first-order valence-corrected chi connectivity index (χ1v) is 8.60. The summed E-state index contributed by atoms with van der Waals surface area (Å²) in [6.45, 7) is 3.14. The average molecular weight is 344 g/mol. The Labute approximate surface area is 147 Å². The monoisotopic (exact) mass is 344 g/mol. The van der Waals surface area contributed by atoms with Crippen molar-refractivity contribution < 1.29 is 14.1 Å². The van der Waals surface area contributed by atoms with Gasteiger partial charge < -0.3 is 14.2 Å². The van der Waals surface area contributed by atoms with E-state index in [4.69, 9.17) is 9.26 Å². The minimum Gasteiger partial charge on any atom is -0.495 e. The molecular formula is C18H24N4O3. The summed E-state index contributed by atoms with van der Waals surface area (Å²) in [5.74, 6) is 2.02. The van der Waals surface area contributed by atoms with E-state index in [1.54, 1.807) is 7.11 Å². The van der Waals surface area contributed by atoms with Crippen LogP contribution in [-0.2, 0) is 17.8 Å². The number of aryl methyl sites for hydroxylation is 1. The van der Waals surface area contributed by atoms with Crippen molar-refractivity contribution >= 4 is 11.6 Å². The Morgan fingerprint density at radius 1 is 1.40 bits per heavy atom. The fourth-order valence-corrected chi connectivity index (χ4v) is 3.18. The third kappa shape index (κ3) is 3.66. The van der Waals surface area contributed by atoms with E-state index in [2.05, 4.69) is 10.1 Å². The van der Waals surface area contributed by atoms with Gasteiger partial charge in [0.05, 0.1) is 25.4 Å². The van der Waals surface area contributed by atoms with E-state index in [0.717, 1.165) is 24.9 Å². The topological polar surface area (TPSA) is 71.7 Å². The van der Waals surface area contributed by atoms with Crippen molar-refractivity contribution in [1.29, 1.82) is 0 Å². The molecule has 1 aliphatic heterocycles. The second-order valence-electron chi connectivity index (χ2n) is 6.19. The van der Waals surface area contributed by atoms with Crippen LogP contribution < -0.4 is 9.64 Å². The molecule has 1 aromatic carbocycles. The number of ether oxygens (including phenoxy) is 1. The summed E-state index contributed by atoms with van der Waals surface area (Å²) < 4.78 is 10.7. The average Bonchev–Trinajstić information content (AvgIpc) is 3.09. The number of carbonyl (C=O) groups excluding carboxylic acids is 1. The van der Waals surface area contributed by atoms with Crippen LogP contribution in [0.2, 0.25) is 0 Å². The molecule has 134 valence electrons. The second kappa shape index (κ2) is 7.65. The lowest BCUT2D eigenvalue weighted by Gasteiger charge is -2.36. The van der Waals surface area contributed by atoms with Gasteiger partial charge in [-0.15, -0.1) is 0 Å². The largest absolute Gasteiger partial charge is 0.495 e. The highest BCUT2D eigenvalue weighted by Crippen LogP contribution is 2.31. The highest BCUT2D eigenvalue weighted by Gasteiger charge is 2.34. The molecule has 7 nitrogen and oxygen atoms in total. The summed E-state index contributed by atoms with van der Waals surface area (Å²) in [7, 11) is 3.54. The first-order valence-electron chi connectivity index (χ1n) is 8.60. The zero-order valence-corrected chi connectivity index (χ0v) is 14.9. The predicted molar refractivity (Wildman–Crippen MR) is 93.5 cm³/mol. The molecule has 1 aromatic heterocycles. The van der Waals surface area contributed by atoms with Crippen molar-refractivity contribution in [2.24, 2.45) is 0 Å². The van der Waals surface area contributed by atoms with Crippen molar-refractivity contribution in [2.45, 2.75) is 38.8 Å². The molecule has 1 aliphatic rings. The van der Waals surface area contributed by atoms with E-state index in [1.807, 2.05) is 48.0 Å². The Morgan fingerprint density at radius 3 is 2.92 bits per heavy atom. The van der Waals surface area contributed by atoms with E-state index < -0.39 is 0 Å². The van der Waals surface area contributed by atoms with Gasteiger partial charge in [-0.3, -0.25) is 9.69 Å². The number of nitrogens with zero attached hydrogens (tertiary/aromatic N) is 4. The van der Waals surface area contributed by atoms with E-state index >= 15 is 0 Å². The number of anilines is 1. The van der Waals surface area contributed by atoms with E-state index in [9.17, 15) is 4.79 Å². The maximum absolute atomic E-state index is 13.0. The minimum absolute atomic E-state index is 0.0773. The van der Waals surface area contributed by atoms with E-state index in [-0.39, 0.29) is 11.9 Å². The smallest absolute Gasteiger partial charge is 0.244 e. The molecule has 25 heavy (non-hydrogen) atoms. The number of amides is 1. The van der Waals surface area contributed by atoms with Crippen LogP contribution in [0.5, 0.6) is 5.75 Å². The molecule has 3 rings (SSSR count). The van der Waals surface area contributed by atoms with Crippen molar-refractivity contribution in [3.05, 3.63) is 36.0 Å². The van der Waals surface area contributed by atoms with Crippen LogP contribution in [0, 0.1) is 0 Å². The van der Waals surface area contributed by atoms with Gasteiger partial charge >= 0.3 is 0 Å². The Balaban J connectivity index is 1.75. The molecule has 1 saturated heterocycles. The number of para-hydroxylation sites is 2. The third-order valence-electron chi connectivity index (χ3n) is 4.53. The van der Waals surface area contributed by atoms with E-state index in [0.29, 0.717) is 30.6 Å². The van der Waals surface area contributed by atoms with Gasteiger partial charge in [0.15, 0.2) is 5.82 Å². The fourth-order valence-electron chi connectivity index (χ4n) is 3.18. The summed E-state index contributed by atoms with van der Waals surface area (Å²) in [6, 6.07) is 7.41. The van der Waals surface area contributed by atoms with Crippen LogP contribution in [0.4, 0.5) is 5.69 Å². The molecule has 0 spiro atoms. The molecule has 0 saturated carbocycles. The van der Waals surface area contributed by atoms with Gasteiger partial charge in [-0.25, -0.2) is 0 Å². The third-order valence-corrected chi connectivity index (χ3v) is 4.53. The van der Waals surface area contributed by atoms with Gasteiger partial charge in [-0.1, -0.05) is 24.2 Å². The molecular weight excluding hydrogens is 320 g/mol. The van der Waals surface area contributed by atoms with Crippen LogP contribution >= 0.6 is 0 Å². The molecule has 2 aromatic rings. The summed E-state index contributed by atoms with van der Waals surface area (Å²) in [5.41, 5.74) is 0.819. The lowest BCUT2D eigenvalue weighted by molar-refractivity contribution is -0.125. The maximum atomic E-state index is 13.0. The summed E-state index contributed by atoms with van der Waals surface area (Å²) >= 11 is 0. The predicted octanol–water partition coefficient (Wildman–Crippen LogP) is 2.27. The first kappa shape index (κ1) is 17.4. The van der Waals surface area contributed by atoms with Crippen LogP contribution in [0.1, 0.15) is 31.5 Å². The number of methoxy groups -OCH3 is 1. The quantitative estimate of drug-likeness (QED) is 0.800. The first-order chi connectivity index (χ1) is 12.1. The number of likely N-dealkylation sites (N-methyl/N-ethyl adjacent to an activating group) is 1. The molecule has 0 radical (unpaired) electrons. The number of rotatable bonds is 6. The lowest BCUT2D eigenvalue weighted by Crippen LogP contribution is -2.51. The van der Waals surface area contributed by atoms with Gasteiger partial charge in [0.25, 0.3) is 0 Å². The summed E-state index contributed by atoms with van der Waals surface area (Å²) in [4.78, 5) is 21.2. The fraction of sp³-hybridized carbons (Fsp3) is 0.500. The van der Waals surface area contributed by atoms with Crippen molar-refractivity contribution in [2.75, 3.05) is 25.6 Å². The Hall–Kier alpha value is -2.41. The molecule has 0 bridgehead atoms. The molecule has 7 heteroatoms. The second-order valence-corrected chi connectivity index (χ2v) is 6.19. The lowest BCUT2D eigenvalue weighted by atomic mass is 10.0. The van der Waals surface area contributed by atoms with Gasteiger partial charge in [-0.2, -0.15) is 4.98 Å². The number of hydrogen-bond donors (Lipinski definition) is 0. The van der Waals surface area contributed by atoms with Crippen molar-refractivity contribution in [1.82, 2.24) is 15.0 Å². The van der Waals surface area contributed by atoms with Crippen LogP contribution in [0.3, 0.4) is 0 Å².